The van der Waals surface area contributed by atoms with Gasteiger partial charge in [0.2, 0.25) is 5.91 Å². The molecule has 1 amide bonds. The van der Waals surface area contributed by atoms with E-state index >= 15 is 0 Å². The van der Waals surface area contributed by atoms with Crippen LogP contribution in [0.25, 0.3) is 0 Å². The Balaban J connectivity index is 3.81. The van der Waals surface area contributed by atoms with Crippen molar-refractivity contribution in [2.45, 2.75) is 47.0 Å². The Hall–Kier alpha value is -0.860. The van der Waals surface area contributed by atoms with Gasteiger partial charge in [0.15, 0.2) is 0 Å². The van der Waals surface area contributed by atoms with Crippen LogP contribution in [0.5, 0.6) is 0 Å². The summed E-state index contributed by atoms with van der Waals surface area (Å²) in [6.07, 6.45) is 2.19. The molecule has 82 valence electrons. The van der Waals surface area contributed by atoms with E-state index in [1.54, 1.807) is 0 Å². The minimum absolute atomic E-state index is 0.00219. The molecule has 0 aliphatic carbocycles. The van der Waals surface area contributed by atoms with Crippen LogP contribution in [-0.2, 0) is 9.59 Å². The zero-order valence-electron chi connectivity index (χ0n) is 9.64. The first-order valence-electron chi connectivity index (χ1n) is 5.13. The Bertz CT molecular complexity index is 209. The Morgan fingerprint density at radius 2 is 1.86 bits per heavy atom. The summed E-state index contributed by atoms with van der Waals surface area (Å²) in [5.41, 5.74) is 0.126. The molecule has 0 atom stereocenters. The Labute approximate surface area is 86.3 Å². The van der Waals surface area contributed by atoms with Crippen LogP contribution in [0.2, 0.25) is 0 Å². The zero-order chi connectivity index (χ0) is 11.2. The maximum atomic E-state index is 11.2. The van der Waals surface area contributed by atoms with E-state index < -0.39 is 0 Å². The molecule has 0 fully saturated rings. The van der Waals surface area contributed by atoms with Gasteiger partial charge in [-0.2, -0.15) is 0 Å². The third kappa shape index (κ3) is 6.63. The van der Waals surface area contributed by atoms with Gasteiger partial charge in [-0.25, -0.2) is 0 Å². The maximum Gasteiger partial charge on any atom is 0.227 e. The Morgan fingerprint density at radius 1 is 1.29 bits per heavy atom. The molecule has 0 radical (unpaired) electrons. The van der Waals surface area contributed by atoms with E-state index in [1.807, 2.05) is 0 Å². The molecule has 0 heterocycles. The van der Waals surface area contributed by atoms with Crippen molar-refractivity contribution in [3.05, 3.63) is 0 Å². The highest BCUT2D eigenvalue weighted by Crippen LogP contribution is 2.20. The summed E-state index contributed by atoms with van der Waals surface area (Å²) in [6.45, 7) is 8.43. The predicted molar refractivity (Wildman–Crippen MR) is 57.0 cm³/mol. The highest BCUT2D eigenvalue weighted by atomic mass is 16.2. The van der Waals surface area contributed by atoms with Crippen LogP contribution in [0.3, 0.4) is 0 Å². The second-order valence-electron chi connectivity index (χ2n) is 4.57. The van der Waals surface area contributed by atoms with Gasteiger partial charge in [0.05, 0.1) is 6.42 Å². The number of hydrogen-bond donors (Lipinski definition) is 1. The number of hydrogen-bond acceptors (Lipinski definition) is 2. The van der Waals surface area contributed by atoms with Crippen molar-refractivity contribution < 1.29 is 9.59 Å². The number of Topliss-reactive ketones (excluding diaryl/α,β-unsaturated/α-hetero) is 1. The van der Waals surface area contributed by atoms with Crippen molar-refractivity contribution in [1.29, 1.82) is 0 Å². The second-order valence-corrected chi connectivity index (χ2v) is 4.57. The van der Waals surface area contributed by atoms with Crippen molar-refractivity contribution in [3.63, 3.8) is 0 Å². The summed E-state index contributed by atoms with van der Waals surface area (Å²) in [7, 11) is 0. The molecular weight excluding hydrogens is 178 g/mol. The lowest BCUT2D eigenvalue weighted by Gasteiger charge is -2.24. The summed E-state index contributed by atoms with van der Waals surface area (Å²) in [6, 6.07) is 0. The quantitative estimate of drug-likeness (QED) is 0.664. The van der Waals surface area contributed by atoms with Crippen molar-refractivity contribution in [2.75, 3.05) is 6.54 Å². The first-order chi connectivity index (χ1) is 6.37. The van der Waals surface area contributed by atoms with Gasteiger partial charge >= 0.3 is 0 Å². The molecule has 1 N–H and O–H groups in total. The number of amides is 1. The molecule has 0 unspecified atom stereocenters. The molecule has 0 aromatic heterocycles. The molecule has 0 bridgehead atoms. The normalized spacial score (nSPS) is 11.1. The summed E-state index contributed by atoms with van der Waals surface area (Å²) in [5.74, 6) is -0.252. The van der Waals surface area contributed by atoms with Crippen molar-refractivity contribution in [2.24, 2.45) is 5.41 Å². The monoisotopic (exact) mass is 199 g/mol. The standard InChI is InChI=1S/C11H21NO2/c1-5-6-11(3,4)8-12-10(14)7-9(2)13/h5-8H2,1-4H3,(H,12,14). The number of nitrogens with one attached hydrogen (secondary N) is 1. The van der Waals surface area contributed by atoms with Crippen LogP contribution in [0.4, 0.5) is 0 Å². The second kappa shape index (κ2) is 5.78. The van der Waals surface area contributed by atoms with Gasteiger partial charge in [-0.3, -0.25) is 9.59 Å². The van der Waals surface area contributed by atoms with Crippen LogP contribution < -0.4 is 5.32 Å². The lowest BCUT2D eigenvalue weighted by Crippen LogP contribution is -2.34. The average Bonchev–Trinajstić information content (AvgIpc) is 2.00. The number of rotatable bonds is 6. The summed E-state index contributed by atoms with van der Waals surface area (Å²) in [4.78, 5) is 21.8. The van der Waals surface area contributed by atoms with Crippen molar-refractivity contribution >= 4 is 11.7 Å². The van der Waals surface area contributed by atoms with Crippen molar-refractivity contribution in [1.82, 2.24) is 5.32 Å². The Morgan fingerprint density at radius 3 is 2.29 bits per heavy atom. The lowest BCUT2D eigenvalue weighted by atomic mass is 9.88. The third-order valence-electron chi connectivity index (χ3n) is 2.10. The fraction of sp³-hybridized carbons (Fsp3) is 0.818. The van der Waals surface area contributed by atoms with Crippen LogP contribution in [0.1, 0.15) is 47.0 Å². The van der Waals surface area contributed by atoms with E-state index in [4.69, 9.17) is 0 Å². The van der Waals surface area contributed by atoms with Crippen molar-refractivity contribution in [3.8, 4) is 0 Å². The molecule has 0 spiro atoms. The van der Waals surface area contributed by atoms with Crippen LogP contribution >= 0.6 is 0 Å². The van der Waals surface area contributed by atoms with E-state index in [-0.39, 0.29) is 23.5 Å². The SMILES string of the molecule is CCCC(C)(C)CNC(=O)CC(C)=O. The number of ketones is 1. The molecule has 0 aromatic carbocycles. The van der Waals surface area contributed by atoms with Gasteiger partial charge in [-0.05, 0) is 18.8 Å². The smallest absolute Gasteiger partial charge is 0.227 e. The summed E-state index contributed by atoms with van der Waals surface area (Å²) in [5, 5.41) is 2.78. The summed E-state index contributed by atoms with van der Waals surface area (Å²) < 4.78 is 0. The molecule has 0 aliphatic heterocycles. The van der Waals surface area contributed by atoms with Crippen LogP contribution in [-0.4, -0.2) is 18.2 Å². The van der Waals surface area contributed by atoms with E-state index in [2.05, 4.69) is 26.1 Å². The topological polar surface area (TPSA) is 46.2 Å². The molecule has 0 aromatic rings. The van der Waals surface area contributed by atoms with E-state index in [1.165, 1.54) is 6.92 Å². The van der Waals surface area contributed by atoms with Gasteiger partial charge < -0.3 is 5.32 Å². The van der Waals surface area contributed by atoms with Crippen LogP contribution in [0, 0.1) is 5.41 Å². The molecule has 14 heavy (non-hydrogen) atoms. The lowest BCUT2D eigenvalue weighted by molar-refractivity contribution is -0.127. The van der Waals surface area contributed by atoms with Gasteiger partial charge in [0.1, 0.15) is 5.78 Å². The predicted octanol–water partition coefficient (Wildman–Crippen LogP) is 1.91. The van der Waals surface area contributed by atoms with Gasteiger partial charge in [0.25, 0.3) is 0 Å². The summed E-state index contributed by atoms with van der Waals surface area (Å²) >= 11 is 0. The molecule has 3 nitrogen and oxygen atoms in total. The average molecular weight is 199 g/mol. The molecular formula is C11H21NO2. The van der Waals surface area contributed by atoms with E-state index in [9.17, 15) is 9.59 Å². The molecule has 0 rings (SSSR count). The largest absolute Gasteiger partial charge is 0.355 e. The first kappa shape index (κ1) is 13.1. The fourth-order valence-corrected chi connectivity index (χ4v) is 1.39. The molecule has 0 saturated heterocycles. The van der Waals surface area contributed by atoms with Crippen LogP contribution in [0.15, 0.2) is 0 Å². The van der Waals surface area contributed by atoms with Gasteiger partial charge in [-0.15, -0.1) is 0 Å². The highest BCUT2D eigenvalue weighted by Gasteiger charge is 2.17. The third-order valence-corrected chi connectivity index (χ3v) is 2.10. The molecule has 3 heteroatoms. The van der Waals surface area contributed by atoms with E-state index in [0.717, 1.165) is 12.8 Å². The Kier molecular flexibility index (Phi) is 5.43. The zero-order valence-corrected chi connectivity index (χ0v) is 9.64. The first-order valence-corrected chi connectivity index (χ1v) is 5.13. The van der Waals surface area contributed by atoms with Gasteiger partial charge in [0, 0.05) is 6.54 Å². The maximum absolute atomic E-state index is 11.2. The highest BCUT2D eigenvalue weighted by molar-refractivity contribution is 5.96. The molecule has 0 aliphatic rings. The molecule has 0 saturated carbocycles. The van der Waals surface area contributed by atoms with Gasteiger partial charge in [-0.1, -0.05) is 27.2 Å². The fourth-order valence-electron chi connectivity index (χ4n) is 1.39. The minimum atomic E-state index is -0.165. The number of carbonyl (C=O) groups is 2. The minimum Gasteiger partial charge on any atom is -0.355 e. The number of carbonyl (C=O) groups excluding carboxylic acids is 2. The van der Waals surface area contributed by atoms with E-state index in [0.29, 0.717) is 6.54 Å².